The van der Waals surface area contributed by atoms with Crippen molar-refractivity contribution < 1.29 is 4.79 Å². The van der Waals surface area contributed by atoms with Crippen molar-refractivity contribution in [2.24, 2.45) is 0 Å². The maximum Gasteiger partial charge on any atom is 0.158 e. The van der Waals surface area contributed by atoms with E-state index in [-0.39, 0.29) is 5.78 Å². The molecule has 0 amide bonds. The van der Waals surface area contributed by atoms with E-state index < -0.39 is 0 Å². The third-order valence-electron chi connectivity index (χ3n) is 1.75. The normalized spacial score (nSPS) is 20.3. The van der Waals surface area contributed by atoms with Crippen LogP contribution in [0.2, 0.25) is 0 Å². The summed E-state index contributed by atoms with van der Waals surface area (Å²) in [7, 11) is 0. The fourth-order valence-corrected chi connectivity index (χ4v) is 1.13. The minimum Gasteiger partial charge on any atom is -0.295 e. The number of hydrogen-bond acceptors (Lipinski definition) is 1. The van der Waals surface area contributed by atoms with Crippen molar-refractivity contribution in [1.82, 2.24) is 0 Å². The van der Waals surface area contributed by atoms with Crippen molar-refractivity contribution in [2.75, 3.05) is 0 Å². The van der Waals surface area contributed by atoms with E-state index in [0.29, 0.717) is 6.42 Å². The van der Waals surface area contributed by atoms with Crippen LogP contribution in [0.4, 0.5) is 0 Å². The quantitative estimate of drug-likeness (QED) is 0.368. The lowest BCUT2D eigenvalue weighted by molar-refractivity contribution is -0.115. The Morgan fingerprint density at radius 1 is 1.60 bits per heavy atom. The molecule has 0 aliphatic heterocycles. The molecule has 0 fully saturated rings. The minimum atomic E-state index is 0.230. The summed E-state index contributed by atoms with van der Waals surface area (Å²) < 4.78 is 0. The predicted octanol–water partition coefficient (Wildman–Crippen LogP) is 2.24. The van der Waals surface area contributed by atoms with Gasteiger partial charge < -0.3 is 0 Å². The monoisotopic (exact) mass is 136 g/mol. The number of allylic oxidation sites excluding steroid dienone is 3. The molecule has 0 atom stereocenters. The standard InChI is InChI=1S/C9H12O/c1-7-4-3-5-9(10)8(2)6-7/h4H,2-3,5-6H2,1H3. The Balaban J connectivity index is 2.71. The molecule has 0 unspecified atom stereocenters. The third-order valence-corrected chi connectivity index (χ3v) is 1.75. The number of hydrogen-bond donors (Lipinski definition) is 0. The molecule has 1 rings (SSSR count). The zero-order valence-electron chi connectivity index (χ0n) is 6.31. The minimum absolute atomic E-state index is 0.230. The first-order chi connectivity index (χ1) is 4.70. The molecule has 0 aromatic carbocycles. The first kappa shape index (κ1) is 7.26. The van der Waals surface area contributed by atoms with Crippen LogP contribution in [0, 0.1) is 0 Å². The fourth-order valence-electron chi connectivity index (χ4n) is 1.13. The number of Topliss-reactive ketones (excluding diaryl/α,β-unsaturated/α-hetero) is 1. The van der Waals surface area contributed by atoms with Gasteiger partial charge in [0.1, 0.15) is 0 Å². The molecule has 0 spiro atoms. The zero-order valence-corrected chi connectivity index (χ0v) is 6.31. The molecule has 0 aromatic heterocycles. The lowest BCUT2D eigenvalue weighted by atomic mass is 10.1. The van der Waals surface area contributed by atoms with E-state index in [4.69, 9.17) is 0 Å². The SMILES string of the molecule is C=C1CC(C)=CCCC1=O. The molecule has 1 aliphatic carbocycles. The maximum absolute atomic E-state index is 11.0. The fraction of sp³-hybridized carbons (Fsp3) is 0.444. The van der Waals surface area contributed by atoms with Gasteiger partial charge in [-0.2, -0.15) is 0 Å². The van der Waals surface area contributed by atoms with Gasteiger partial charge in [0.05, 0.1) is 0 Å². The highest BCUT2D eigenvalue weighted by molar-refractivity contribution is 5.95. The molecule has 0 radical (unpaired) electrons. The molecule has 1 nitrogen and oxygen atoms in total. The summed E-state index contributed by atoms with van der Waals surface area (Å²) in [5.74, 6) is 0.230. The van der Waals surface area contributed by atoms with E-state index in [0.717, 1.165) is 18.4 Å². The van der Waals surface area contributed by atoms with E-state index in [1.54, 1.807) is 0 Å². The van der Waals surface area contributed by atoms with Gasteiger partial charge in [0, 0.05) is 6.42 Å². The van der Waals surface area contributed by atoms with E-state index in [2.05, 4.69) is 12.7 Å². The summed E-state index contributed by atoms with van der Waals surface area (Å²) in [6.07, 6.45) is 4.44. The molecule has 0 saturated heterocycles. The van der Waals surface area contributed by atoms with Crippen LogP contribution in [0.25, 0.3) is 0 Å². The highest BCUT2D eigenvalue weighted by Gasteiger charge is 2.09. The Kier molecular flexibility index (Phi) is 2.05. The van der Waals surface area contributed by atoms with Crippen molar-refractivity contribution in [1.29, 1.82) is 0 Å². The van der Waals surface area contributed by atoms with Crippen molar-refractivity contribution in [3.63, 3.8) is 0 Å². The number of ketones is 1. The van der Waals surface area contributed by atoms with Gasteiger partial charge in [-0.25, -0.2) is 0 Å². The number of carbonyl (C=O) groups excluding carboxylic acids is 1. The smallest absolute Gasteiger partial charge is 0.158 e. The molecule has 0 heterocycles. The van der Waals surface area contributed by atoms with Crippen LogP contribution in [0.3, 0.4) is 0 Å². The van der Waals surface area contributed by atoms with Crippen molar-refractivity contribution >= 4 is 5.78 Å². The zero-order chi connectivity index (χ0) is 7.56. The second kappa shape index (κ2) is 2.82. The Hall–Kier alpha value is -0.850. The number of rotatable bonds is 0. The van der Waals surface area contributed by atoms with E-state index in [1.165, 1.54) is 5.57 Å². The van der Waals surface area contributed by atoms with Gasteiger partial charge in [-0.15, -0.1) is 0 Å². The molecule has 0 bridgehead atoms. The predicted molar refractivity (Wildman–Crippen MR) is 41.8 cm³/mol. The molecular formula is C9H12O. The van der Waals surface area contributed by atoms with Crippen molar-refractivity contribution in [3.05, 3.63) is 23.8 Å². The average molecular weight is 136 g/mol. The van der Waals surface area contributed by atoms with Gasteiger partial charge in [-0.3, -0.25) is 4.79 Å². The van der Waals surface area contributed by atoms with Crippen molar-refractivity contribution in [2.45, 2.75) is 26.2 Å². The van der Waals surface area contributed by atoms with Gasteiger partial charge in [0.2, 0.25) is 0 Å². The second-order valence-electron chi connectivity index (χ2n) is 2.79. The van der Waals surface area contributed by atoms with Crippen LogP contribution in [0.5, 0.6) is 0 Å². The molecule has 0 saturated carbocycles. The largest absolute Gasteiger partial charge is 0.295 e. The summed E-state index contributed by atoms with van der Waals surface area (Å²) in [6.45, 7) is 5.76. The molecule has 54 valence electrons. The van der Waals surface area contributed by atoms with Crippen LogP contribution in [0.15, 0.2) is 23.8 Å². The molecule has 10 heavy (non-hydrogen) atoms. The molecule has 0 aromatic rings. The van der Waals surface area contributed by atoms with Gasteiger partial charge >= 0.3 is 0 Å². The molecule has 1 heteroatoms. The Bertz CT molecular complexity index is 199. The summed E-state index contributed by atoms with van der Waals surface area (Å²) >= 11 is 0. The topological polar surface area (TPSA) is 17.1 Å². The summed E-state index contributed by atoms with van der Waals surface area (Å²) in [6, 6.07) is 0. The van der Waals surface area contributed by atoms with Gasteiger partial charge in [0.25, 0.3) is 0 Å². The first-order valence-corrected chi connectivity index (χ1v) is 3.57. The van der Waals surface area contributed by atoms with E-state index >= 15 is 0 Å². The van der Waals surface area contributed by atoms with Crippen LogP contribution >= 0.6 is 0 Å². The number of carbonyl (C=O) groups is 1. The van der Waals surface area contributed by atoms with Crippen LogP contribution in [-0.2, 0) is 4.79 Å². The van der Waals surface area contributed by atoms with Crippen LogP contribution in [-0.4, -0.2) is 5.78 Å². The van der Waals surface area contributed by atoms with Crippen molar-refractivity contribution in [3.8, 4) is 0 Å². The average Bonchev–Trinajstić information content (AvgIpc) is 1.96. The highest BCUT2D eigenvalue weighted by Crippen LogP contribution is 2.17. The Morgan fingerprint density at radius 2 is 2.30 bits per heavy atom. The maximum atomic E-state index is 11.0. The lowest BCUT2D eigenvalue weighted by Gasteiger charge is -1.97. The van der Waals surface area contributed by atoms with Gasteiger partial charge in [-0.05, 0) is 25.3 Å². The summed E-state index contributed by atoms with van der Waals surface area (Å²) in [5.41, 5.74) is 2.04. The lowest BCUT2D eigenvalue weighted by Crippen LogP contribution is -1.97. The molecular weight excluding hydrogens is 124 g/mol. The highest BCUT2D eigenvalue weighted by atomic mass is 16.1. The third kappa shape index (κ3) is 1.56. The summed E-state index contributed by atoms with van der Waals surface area (Å²) in [5, 5.41) is 0. The summed E-state index contributed by atoms with van der Waals surface area (Å²) in [4.78, 5) is 11.0. The van der Waals surface area contributed by atoms with Gasteiger partial charge in [0.15, 0.2) is 5.78 Å². The second-order valence-corrected chi connectivity index (χ2v) is 2.79. The van der Waals surface area contributed by atoms with Gasteiger partial charge in [-0.1, -0.05) is 18.2 Å². The molecule has 1 aliphatic rings. The Morgan fingerprint density at radius 3 is 3.00 bits per heavy atom. The van der Waals surface area contributed by atoms with E-state index in [1.807, 2.05) is 6.92 Å². The van der Waals surface area contributed by atoms with Crippen LogP contribution < -0.4 is 0 Å². The first-order valence-electron chi connectivity index (χ1n) is 3.57. The van der Waals surface area contributed by atoms with Crippen LogP contribution in [0.1, 0.15) is 26.2 Å². The van der Waals surface area contributed by atoms with E-state index in [9.17, 15) is 4.79 Å². The molecule has 0 N–H and O–H groups in total. The Labute approximate surface area is 61.4 Å².